The van der Waals surface area contributed by atoms with Gasteiger partial charge in [0.15, 0.2) is 0 Å². The van der Waals surface area contributed by atoms with Crippen molar-refractivity contribution < 1.29 is 41.0 Å². The third kappa shape index (κ3) is 7.93. The zero-order chi connectivity index (χ0) is 28.9. The van der Waals surface area contributed by atoms with Crippen molar-refractivity contribution in [3.05, 3.63) is 56.8 Å². The number of aryl methyl sites for hydroxylation is 1. The van der Waals surface area contributed by atoms with Crippen LogP contribution < -0.4 is 15.4 Å². The fourth-order valence-corrected chi connectivity index (χ4v) is 4.20. The van der Waals surface area contributed by atoms with Gasteiger partial charge in [-0.15, -0.1) is 0 Å². The molecule has 2 amide bonds. The number of carbonyl (C=O) groups is 2. The molecule has 2 N–H and O–H groups in total. The second-order valence-electron chi connectivity index (χ2n) is 8.31. The van der Waals surface area contributed by atoms with Crippen molar-refractivity contribution in [1.82, 2.24) is 20.2 Å². The summed E-state index contributed by atoms with van der Waals surface area (Å²) in [6, 6.07) is 5.66. The summed E-state index contributed by atoms with van der Waals surface area (Å²) in [7, 11) is 3.00. The number of benzene rings is 2. The maximum Gasteiger partial charge on any atom is 0.405 e. The van der Waals surface area contributed by atoms with E-state index in [1.165, 1.54) is 13.2 Å². The number of fused-ring (bicyclic) bond motifs is 1. The van der Waals surface area contributed by atoms with Crippen molar-refractivity contribution in [3.63, 3.8) is 0 Å². The second-order valence-corrected chi connectivity index (χ2v) is 9.09. The standard InChI is InChI=1S/C24H23Cl2F5N4O4/c1-35-17-7-18(39-9-19(27)28)14(23(37)33-11-24(29,30)31)5-16(17)34-20(35)6-13-15(25)4-3-12(22(13)26)8-32-21(36)10-38-2/h3-5,7,19H,6,8-11H2,1-2H3,(H,32,36)(H,33,37). The SMILES string of the molecule is COCC(=O)NCc1ccc(Cl)c(Cc2nc3cc(C(=O)NCC(F)(F)F)c(OCC(F)F)cc3n2C)c1Cl. The molecule has 3 aromatic rings. The molecule has 212 valence electrons. The highest BCUT2D eigenvalue weighted by molar-refractivity contribution is 6.36. The summed E-state index contributed by atoms with van der Waals surface area (Å²) in [5.74, 6) is -1.45. The van der Waals surface area contributed by atoms with Crippen LogP contribution >= 0.6 is 23.2 Å². The lowest BCUT2D eigenvalue weighted by Crippen LogP contribution is -2.34. The molecular formula is C24H23Cl2F5N4O4. The minimum atomic E-state index is -4.68. The molecule has 0 bridgehead atoms. The van der Waals surface area contributed by atoms with E-state index in [0.29, 0.717) is 27.5 Å². The van der Waals surface area contributed by atoms with Gasteiger partial charge in [-0.3, -0.25) is 9.59 Å². The number of hydrogen-bond donors (Lipinski definition) is 2. The van der Waals surface area contributed by atoms with Crippen LogP contribution in [0.25, 0.3) is 11.0 Å². The summed E-state index contributed by atoms with van der Waals surface area (Å²) in [5, 5.41) is 4.95. The van der Waals surface area contributed by atoms with Gasteiger partial charge in [-0.05, 0) is 23.3 Å². The van der Waals surface area contributed by atoms with Gasteiger partial charge < -0.3 is 24.7 Å². The largest absolute Gasteiger partial charge is 0.487 e. The number of rotatable bonds is 11. The normalized spacial score (nSPS) is 11.7. The Morgan fingerprint density at radius 3 is 2.51 bits per heavy atom. The van der Waals surface area contributed by atoms with Crippen LogP contribution in [0.5, 0.6) is 5.75 Å². The fraction of sp³-hybridized carbons (Fsp3) is 0.375. The molecule has 8 nitrogen and oxygen atoms in total. The Morgan fingerprint density at radius 1 is 1.15 bits per heavy atom. The average molecular weight is 597 g/mol. The van der Waals surface area contributed by atoms with Gasteiger partial charge in [0.05, 0.1) is 21.6 Å². The van der Waals surface area contributed by atoms with Crippen LogP contribution in [0.4, 0.5) is 22.0 Å². The van der Waals surface area contributed by atoms with Crippen LogP contribution in [0.2, 0.25) is 10.0 Å². The first-order valence-corrected chi connectivity index (χ1v) is 12.0. The molecule has 0 aliphatic heterocycles. The van der Waals surface area contributed by atoms with E-state index >= 15 is 0 Å². The van der Waals surface area contributed by atoms with Gasteiger partial charge in [0.25, 0.3) is 12.3 Å². The lowest BCUT2D eigenvalue weighted by atomic mass is 10.1. The van der Waals surface area contributed by atoms with E-state index in [1.807, 2.05) is 0 Å². The quantitative estimate of drug-likeness (QED) is 0.314. The maximum atomic E-state index is 12.8. The Labute approximate surface area is 229 Å². The zero-order valence-electron chi connectivity index (χ0n) is 20.6. The van der Waals surface area contributed by atoms with Gasteiger partial charge in [0.1, 0.15) is 31.3 Å². The molecule has 1 heterocycles. The van der Waals surface area contributed by atoms with Gasteiger partial charge >= 0.3 is 6.18 Å². The van der Waals surface area contributed by atoms with Crippen LogP contribution in [0.3, 0.4) is 0 Å². The lowest BCUT2D eigenvalue weighted by Gasteiger charge is -2.13. The molecule has 39 heavy (non-hydrogen) atoms. The molecule has 2 aromatic carbocycles. The molecule has 0 unspecified atom stereocenters. The Hall–Kier alpha value is -3.16. The number of amides is 2. The Bertz CT molecular complexity index is 1360. The van der Waals surface area contributed by atoms with Crippen molar-refractivity contribution in [2.45, 2.75) is 25.6 Å². The number of nitrogens with one attached hydrogen (secondary N) is 2. The number of carbonyl (C=O) groups excluding carboxylic acids is 2. The van der Waals surface area contributed by atoms with Crippen LogP contribution in [0.15, 0.2) is 24.3 Å². The monoisotopic (exact) mass is 596 g/mol. The van der Waals surface area contributed by atoms with E-state index in [9.17, 15) is 31.5 Å². The van der Waals surface area contributed by atoms with Crippen molar-refractivity contribution in [3.8, 4) is 5.75 Å². The molecule has 0 saturated heterocycles. The topological polar surface area (TPSA) is 94.5 Å². The van der Waals surface area contributed by atoms with E-state index in [2.05, 4.69) is 10.3 Å². The Kier molecular flexibility index (Phi) is 9.97. The zero-order valence-corrected chi connectivity index (χ0v) is 22.1. The molecule has 0 aliphatic rings. The number of ether oxygens (including phenoxy) is 2. The number of aromatic nitrogens is 2. The summed E-state index contributed by atoms with van der Waals surface area (Å²) in [5.41, 5.74) is 1.22. The summed E-state index contributed by atoms with van der Waals surface area (Å²) < 4.78 is 74.8. The van der Waals surface area contributed by atoms with Gasteiger partial charge in [-0.2, -0.15) is 13.2 Å². The van der Waals surface area contributed by atoms with Crippen LogP contribution in [-0.4, -0.2) is 60.8 Å². The van der Waals surface area contributed by atoms with E-state index in [1.54, 1.807) is 29.1 Å². The minimum absolute atomic E-state index is 0.0888. The molecule has 0 spiro atoms. The Balaban J connectivity index is 1.97. The van der Waals surface area contributed by atoms with Crippen molar-refractivity contribution in [2.24, 2.45) is 7.05 Å². The molecular weight excluding hydrogens is 574 g/mol. The van der Waals surface area contributed by atoms with Crippen molar-refractivity contribution in [2.75, 3.05) is 26.9 Å². The third-order valence-corrected chi connectivity index (χ3v) is 6.31. The van der Waals surface area contributed by atoms with Crippen molar-refractivity contribution in [1.29, 1.82) is 0 Å². The van der Waals surface area contributed by atoms with Crippen molar-refractivity contribution >= 4 is 46.0 Å². The molecule has 1 aromatic heterocycles. The van der Waals surface area contributed by atoms with Gasteiger partial charge in [0.2, 0.25) is 5.91 Å². The molecule has 0 saturated carbocycles. The molecule has 15 heteroatoms. The van der Waals surface area contributed by atoms with Crippen LogP contribution in [0, 0.1) is 0 Å². The highest BCUT2D eigenvalue weighted by atomic mass is 35.5. The maximum absolute atomic E-state index is 12.8. The summed E-state index contributed by atoms with van der Waals surface area (Å²) in [6.45, 7) is -2.72. The average Bonchev–Trinajstić information content (AvgIpc) is 3.16. The number of halogens is 7. The first-order valence-electron chi connectivity index (χ1n) is 11.3. The Morgan fingerprint density at radius 2 is 1.87 bits per heavy atom. The number of alkyl halides is 5. The summed E-state index contributed by atoms with van der Waals surface area (Å²) in [6.07, 6.45) is -7.47. The van der Waals surface area contributed by atoms with E-state index in [4.69, 9.17) is 32.7 Å². The van der Waals surface area contributed by atoms with E-state index in [0.717, 1.165) is 6.07 Å². The second kappa shape index (κ2) is 12.8. The summed E-state index contributed by atoms with van der Waals surface area (Å²) in [4.78, 5) is 28.7. The number of nitrogens with zero attached hydrogens (tertiary/aromatic N) is 2. The number of imidazole rings is 1. The van der Waals surface area contributed by atoms with Gasteiger partial charge in [0, 0.05) is 38.2 Å². The van der Waals surface area contributed by atoms with E-state index < -0.39 is 31.7 Å². The first kappa shape index (κ1) is 30.4. The van der Waals surface area contributed by atoms with Crippen LogP contribution in [0.1, 0.15) is 27.3 Å². The number of methoxy groups -OCH3 is 1. The van der Waals surface area contributed by atoms with Crippen LogP contribution in [-0.2, 0) is 29.5 Å². The molecule has 3 rings (SSSR count). The molecule has 0 atom stereocenters. The highest BCUT2D eigenvalue weighted by Crippen LogP contribution is 2.32. The fourth-order valence-electron chi connectivity index (χ4n) is 3.63. The predicted octanol–water partition coefficient (Wildman–Crippen LogP) is 4.67. The number of hydrogen-bond acceptors (Lipinski definition) is 5. The molecule has 0 aliphatic carbocycles. The lowest BCUT2D eigenvalue weighted by molar-refractivity contribution is -0.125. The van der Waals surface area contributed by atoms with E-state index in [-0.39, 0.29) is 47.3 Å². The molecule has 0 radical (unpaired) electrons. The summed E-state index contributed by atoms with van der Waals surface area (Å²) >= 11 is 13.0. The van der Waals surface area contributed by atoms with Gasteiger partial charge in [-0.1, -0.05) is 29.3 Å². The minimum Gasteiger partial charge on any atom is -0.487 e. The first-order chi connectivity index (χ1) is 18.3. The smallest absolute Gasteiger partial charge is 0.405 e. The van der Waals surface area contributed by atoms with Gasteiger partial charge in [-0.25, -0.2) is 13.8 Å². The highest BCUT2D eigenvalue weighted by Gasteiger charge is 2.29. The predicted molar refractivity (Wildman–Crippen MR) is 134 cm³/mol. The molecule has 0 fully saturated rings. The third-order valence-electron chi connectivity index (χ3n) is 5.49.